The minimum atomic E-state index is -0.191. The summed E-state index contributed by atoms with van der Waals surface area (Å²) in [5, 5.41) is 2.93. The number of carbonyl (C=O) groups excluding carboxylic acids is 1. The molecule has 1 heterocycles. The predicted molar refractivity (Wildman–Crippen MR) is 102 cm³/mol. The van der Waals surface area contributed by atoms with Crippen molar-refractivity contribution in [2.24, 2.45) is 0 Å². The first-order chi connectivity index (χ1) is 13.2. The van der Waals surface area contributed by atoms with Crippen molar-refractivity contribution in [3.8, 4) is 23.0 Å². The highest BCUT2D eigenvalue weighted by Gasteiger charge is 2.16. The van der Waals surface area contributed by atoms with Gasteiger partial charge in [-0.25, -0.2) is 0 Å². The van der Waals surface area contributed by atoms with Crippen LogP contribution in [0.4, 0.5) is 0 Å². The summed E-state index contributed by atoms with van der Waals surface area (Å²) in [6.45, 7) is 5.70. The Labute approximate surface area is 159 Å². The molecule has 6 nitrogen and oxygen atoms in total. The van der Waals surface area contributed by atoms with E-state index in [0.717, 1.165) is 23.5 Å². The molecule has 144 valence electrons. The lowest BCUT2D eigenvalue weighted by Gasteiger charge is -2.21. The number of nitrogens with one attached hydrogen (secondary N) is 1. The van der Waals surface area contributed by atoms with Gasteiger partial charge in [0.2, 0.25) is 0 Å². The predicted octanol–water partition coefficient (Wildman–Crippen LogP) is 3.50. The number of carbonyl (C=O) groups is 1. The van der Waals surface area contributed by atoms with Gasteiger partial charge in [0.15, 0.2) is 18.1 Å². The van der Waals surface area contributed by atoms with Gasteiger partial charge in [0.25, 0.3) is 5.91 Å². The Bertz CT molecular complexity index is 760. The van der Waals surface area contributed by atoms with Gasteiger partial charge < -0.3 is 24.3 Å². The topological polar surface area (TPSA) is 66.0 Å². The average molecular weight is 371 g/mol. The van der Waals surface area contributed by atoms with E-state index in [1.54, 1.807) is 12.1 Å². The van der Waals surface area contributed by atoms with Gasteiger partial charge in [0.1, 0.15) is 24.7 Å². The van der Waals surface area contributed by atoms with Crippen LogP contribution in [0.1, 0.15) is 31.9 Å². The van der Waals surface area contributed by atoms with Crippen molar-refractivity contribution in [2.75, 3.05) is 26.4 Å². The number of fused-ring (bicyclic) bond motifs is 1. The summed E-state index contributed by atoms with van der Waals surface area (Å²) in [4.78, 5) is 12.2. The molecule has 1 N–H and O–H groups in total. The third kappa shape index (κ3) is 5.29. The Morgan fingerprint density at radius 2 is 1.70 bits per heavy atom. The zero-order valence-corrected chi connectivity index (χ0v) is 15.7. The molecular formula is C21H25NO5. The van der Waals surface area contributed by atoms with Crippen LogP contribution in [-0.2, 0) is 4.79 Å². The molecule has 1 aliphatic heterocycles. The third-order valence-corrected chi connectivity index (χ3v) is 4.11. The first-order valence-electron chi connectivity index (χ1n) is 9.20. The summed E-state index contributed by atoms with van der Waals surface area (Å²) >= 11 is 0. The lowest BCUT2D eigenvalue weighted by atomic mass is 10.1. The molecule has 0 radical (unpaired) electrons. The van der Waals surface area contributed by atoms with Gasteiger partial charge in [-0.3, -0.25) is 4.79 Å². The Hall–Kier alpha value is -2.89. The molecule has 0 spiro atoms. The van der Waals surface area contributed by atoms with E-state index in [1.165, 1.54) is 0 Å². The van der Waals surface area contributed by atoms with E-state index >= 15 is 0 Å². The summed E-state index contributed by atoms with van der Waals surface area (Å²) in [5.41, 5.74) is 0.949. The van der Waals surface area contributed by atoms with E-state index in [9.17, 15) is 4.79 Å². The highest BCUT2D eigenvalue weighted by molar-refractivity contribution is 5.78. The average Bonchev–Trinajstić information content (AvgIpc) is 2.71. The van der Waals surface area contributed by atoms with E-state index < -0.39 is 0 Å². The maximum Gasteiger partial charge on any atom is 0.258 e. The Balaban J connectivity index is 1.48. The number of rotatable bonds is 8. The van der Waals surface area contributed by atoms with Crippen molar-refractivity contribution in [1.29, 1.82) is 0 Å². The fraction of sp³-hybridized carbons (Fsp3) is 0.381. The Morgan fingerprint density at radius 3 is 2.41 bits per heavy atom. The van der Waals surface area contributed by atoms with Gasteiger partial charge in [-0.05, 0) is 55.3 Å². The van der Waals surface area contributed by atoms with E-state index in [2.05, 4.69) is 12.2 Å². The van der Waals surface area contributed by atoms with Gasteiger partial charge in [-0.1, -0.05) is 13.0 Å². The highest BCUT2D eigenvalue weighted by atomic mass is 16.6. The van der Waals surface area contributed by atoms with Crippen LogP contribution in [0, 0.1) is 0 Å². The molecule has 2 aromatic rings. The van der Waals surface area contributed by atoms with Crippen molar-refractivity contribution in [3.63, 3.8) is 0 Å². The summed E-state index contributed by atoms with van der Waals surface area (Å²) in [6.07, 6.45) is 0.958. The van der Waals surface area contributed by atoms with E-state index in [4.69, 9.17) is 18.9 Å². The van der Waals surface area contributed by atoms with Gasteiger partial charge >= 0.3 is 0 Å². The van der Waals surface area contributed by atoms with Crippen LogP contribution in [0.15, 0.2) is 42.5 Å². The first-order valence-corrected chi connectivity index (χ1v) is 9.20. The van der Waals surface area contributed by atoms with E-state index in [-0.39, 0.29) is 18.6 Å². The molecule has 0 aromatic heterocycles. The van der Waals surface area contributed by atoms with Crippen molar-refractivity contribution in [2.45, 2.75) is 26.3 Å². The second-order valence-corrected chi connectivity index (χ2v) is 6.30. The first kappa shape index (κ1) is 18.9. The minimum Gasteiger partial charge on any atom is -0.494 e. The quantitative estimate of drug-likeness (QED) is 0.769. The maximum atomic E-state index is 12.2. The smallest absolute Gasteiger partial charge is 0.258 e. The van der Waals surface area contributed by atoms with Crippen LogP contribution >= 0.6 is 0 Å². The lowest BCUT2D eigenvalue weighted by molar-refractivity contribution is -0.123. The van der Waals surface area contributed by atoms with Crippen molar-refractivity contribution in [3.05, 3.63) is 48.0 Å². The molecule has 0 fully saturated rings. The third-order valence-electron chi connectivity index (χ3n) is 4.11. The number of hydrogen-bond acceptors (Lipinski definition) is 5. The molecule has 1 aliphatic rings. The van der Waals surface area contributed by atoms with Crippen LogP contribution in [0.3, 0.4) is 0 Å². The number of hydrogen-bond donors (Lipinski definition) is 1. The Morgan fingerprint density at radius 1 is 1.04 bits per heavy atom. The van der Waals surface area contributed by atoms with Crippen LogP contribution in [0.25, 0.3) is 0 Å². The summed E-state index contributed by atoms with van der Waals surface area (Å²) in [7, 11) is 0. The Kier molecular flexibility index (Phi) is 6.41. The van der Waals surface area contributed by atoms with Crippen LogP contribution in [0.5, 0.6) is 23.0 Å². The zero-order chi connectivity index (χ0) is 19.1. The minimum absolute atomic E-state index is 0.0515. The van der Waals surface area contributed by atoms with E-state index in [0.29, 0.717) is 31.3 Å². The SMILES string of the molecule is CCCOc1ccc(OCC(=O)NC(C)c2ccc3c(c2)OCCO3)cc1. The molecule has 0 aliphatic carbocycles. The van der Waals surface area contributed by atoms with Crippen molar-refractivity contribution in [1.82, 2.24) is 5.32 Å². The molecule has 1 atom stereocenters. The second kappa shape index (κ2) is 9.16. The number of ether oxygens (including phenoxy) is 4. The van der Waals surface area contributed by atoms with Crippen LogP contribution < -0.4 is 24.3 Å². The van der Waals surface area contributed by atoms with Crippen LogP contribution in [-0.4, -0.2) is 32.3 Å². The monoisotopic (exact) mass is 371 g/mol. The molecule has 0 saturated carbocycles. The highest BCUT2D eigenvalue weighted by Crippen LogP contribution is 2.32. The summed E-state index contributed by atoms with van der Waals surface area (Å²) in [6, 6.07) is 12.8. The molecule has 1 amide bonds. The van der Waals surface area contributed by atoms with Gasteiger partial charge in [-0.15, -0.1) is 0 Å². The van der Waals surface area contributed by atoms with E-state index in [1.807, 2.05) is 37.3 Å². The zero-order valence-electron chi connectivity index (χ0n) is 15.7. The van der Waals surface area contributed by atoms with Crippen LogP contribution in [0.2, 0.25) is 0 Å². The molecule has 0 saturated heterocycles. The summed E-state index contributed by atoms with van der Waals surface area (Å²) in [5.74, 6) is 2.67. The van der Waals surface area contributed by atoms with Crippen molar-refractivity contribution >= 4 is 5.91 Å². The molecule has 27 heavy (non-hydrogen) atoms. The number of amides is 1. The largest absolute Gasteiger partial charge is 0.494 e. The fourth-order valence-corrected chi connectivity index (χ4v) is 2.70. The lowest BCUT2D eigenvalue weighted by Crippen LogP contribution is -2.31. The molecule has 6 heteroatoms. The van der Waals surface area contributed by atoms with Gasteiger partial charge in [-0.2, -0.15) is 0 Å². The maximum absolute atomic E-state index is 12.2. The normalized spacial score (nSPS) is 13.6. The van der Waals surface area contributed by atoms with Gasteiger partial charge in [0.05, 0.1) is 12.6 Å². The standard InChI is InChI=1S/C21H25NO5/c1-3-10-24-17-5-7-18(8-6-17)27-14-21(23)22-15(2)16-4-9-19-20(13-16)26-12-11-25-19/h4-9,13,15H,3,10-12,14H2,1-2H3,(H,22,23). The molecule has 3 rings (SSSR count). The molecule has 2 aromatic carbocycles. The van der Waals surface area contributed by atoms with Crippen molar-refractivity contribution < 1.29 is 23.7 Å². The fourth-order valence-electron chi connectivity index (χ4n) is 2.70. The van der Waals surface area contributed by atoms with Gasteiger partial charge in [0, 0.05) is 0 Å². The molecule has 0 bridgehead atoms. The number of benzene rings is 2. The molecular weight excluding hydrogens is 346 g/mol. The second-order valence-electron chi connectivity index (χ2n) is 6.30. The molecule has 1 unspecified atom stereocenters. The summed E-state index contributed by atoms with van der Waals surface area (Å²) < 4.78 is 22.2.